The van der Waals surface area contributed by atoms with Crippen molar-refractivity contribution in [3.8, 4) is 17.2 Å². The summed E-state index contributed by atoms with van der Waals surface area (Å²) in [4.78, 5) is 23.1. The minimum Gasteiger partial charge on any atom is -0.485 e. The zero-order valence-electron chi connectivity index (χ0n) is 11.7. The minimum atomic E-state index is -0.490. The Bertz CT molecular complexity index is 759. The zero-order valence-corrected chi connectivity index (χ0v) is 11.7. The van der Waals surface area contributed by atoms with E-state index in [1.165, 1.54) is 6.07 Å². The number of Topliss-reactive ketones (excluding diaryl/α,β-unsaturated/α-hetero) is 1. The van der Waals surface area contributed by atoms with Gasteiger partial charge in [-0.05, 0) is 6.07 Å². The molecule has 0 unspecified atom stereocenters. The van der Waals surface area contributed by atoms with Gasteiger partial charge >= 0.3 is 5.63 Å². The maximum Gasteiger partial charge on any atom is 0.336 e. The Morgan fingerprint density at radius 1 is 1.33 bits per heavy atom. The molecule has 1 aromatic carbocycles. The van der Waals surface area contributed by atoms with E-state index in [1.807, 2.05) is 13.8 Å². The number of rotatable bonds is 4. The smallest absolute Gasteiger partial charge is 0.336 e. The van der Waals surface area contributed by atoms with Gasteiger partial charge in [-0.15, -0.1) is 0 Å². The Labute approximate surface area is 120 Å². The van der Waals surface area contributed by atoms with Gasteiger partial charge in [0.15, 0.2) is 17.1 Å². The van der Waals surface area contributed by atoms with Crippen molar-refractivity contribution in [3.05, 3.63) is 28.6 Å². The van der Waals surface area contributed by atoms with Gasteiger partial charge in [0, 0.05) is 18.1 Å². The Morgan fingerprint density at radius 3 is 2.90 bits per heavy atom. The molecule has 6 nitrogen and oxygen atoms in total. The topological polar surface area (TPSA) is 75.0 Å². The molecule has 0 aliphatic carbocycles. The molecule has 0 fully saturated rings. The van der Waals surface area contributed by atoms with Gasteiger partial charge in [0.05, 0.1) is 5.39 Å². The fourth-order valence-corrected chi connectivity index (χ4v) is 1.98. The zero-order chi connectivity index (χ0) is 15.0. The molecule has 1 aliphatic rings. The first-order chi connectivity index (χ1) is 10.1. The van der Waals surface area contributed by atoms with Gasteiger partial charge in [0.25, 0.3) is 0 Å². The lowest BCUT2D eigenvalue weighted by Crippen LogP contribution is -2.17. The van der Waals surface area contributed by atoms with Crippen molar-refractivity contribution in [2.24, 2.45) is 5.92 Å². The van der Waals surface area contributed by atoms with Crippen LogP contribution in [0.1, 0.15) is 13.8 Å². The van der Waals surface area contributed by atoms with Crippen LogP contribution in [0.15, 0.2) is 27.4 Å². The summed E-state index contributed by atoms with van der Waals surface area (Å²) in [6, 6.07) is 4.51. The minimum absolute atomic E-state index is 0.0156. The fraction of sp³-hybridized carbons (Fsp3) is 0.333. The number of carbonyl (C=O) groups excluding carboxylic acids is 1. The van der Waals surface area contributed by atoms with Crippen molar-refractivity contribution in [1.82, 2.24) is 0 Å². The third-order valence-corrected chi connectivity index (χ3v) is 3.22. The SMILES string of the molecule is CC(C)C(=O)COc1cc2c(c3oc(=O)ccc13)OCO2. The number of ether oxygens (including phenoxy) is 3. The summed E-state index contributed by atoms with van der Waals surface area (Å²) in [5.41, 5.74) is -0.222. The molecule has 0 spiro atoms. The first-order valence-corrected chi connectivity index (χ1v) is 6.58. The van der Waals surface area contributed by atoms with E-state index in [2.05, 4.69) is 0 Å². The van der Waals surface area contributed by atoms with E-state index in [9.17, 15) is 9.59 Å². The molecule has 0 atom stereocenters. The van der Waals surface area contributed by atoms with E-state index in [1.54, 1.807) is 12.1 Å². The summed E-state index contributed by atoms with van der Waals surface area (Å²) in [7, 11) is 0. The van der Waals surface area contributed by atoms with Crippen LogP contribution in [0.2, 0.25) is 0 Å². The van der Waals surface area contributed by atoms with Crippen molar-refractivity contribution >= 4 is 16.8 Å². The number of ketones is 1. The van der Waals surface area contributed by atoms with E-state index in [-0.39, 0.29) is 30.7 Å². The molecule has 3 rings (SSSR count). The third-order valence-electron chi connectivity index (χ3n) is 3.22. The first-order valence-electron chi connectivity index (χ1n) is 6.58. The average Bonchev–Trinajstić information content (AvgIpc) is 2.92. The van der Waals surface area contributed by atoms with Crippen molar-refractivity contribution in [1.29, 1.82) is 0 Å². The maximum atomic E-state index is 11.7. The van der Waals surface area contributed by atoms with E-state index in [4.69, 9.17) is 18.6 Å². The highest BCUT2D eigenvalue weighted by atomic mass is 16.7. The first kappa shape index (κ1) is 13.5. The lowest BCUT2D eigenvalue weighted by Gasteiger charge is -2.10. The van der Waals surface area contributed by atoms with Crippen molar-refractivity contribution in [2.45, 2.75) is 13.8 Å². The average molecular weight is 290 g/mol. The number of carbonyl (C=O) groups is 1. The molecular weight excluding hydrogens is 276 g/mol. The highest BCUT2D eigenvalue weighted by Crippen LogP contribution is 2.43. The molecule has 6 heteroatoms. The monoisotopic (exact) mass is 290 g/mol. The summed E-state index contributed by atoms with van der Waals surface area (Å²) < 4.78 is 21.3. The van der Waals surface area contributed by atoms with E-state index in [0.717, 1.165) is 0 Å². The van der Waals surface area contributed by atoms with Gasteiger partial charge in [0.2, 0.25) is 12.5 Å². The number of fused-ring (bicyclic) bond motifs is 3. The van der Waals surface area contributed by atoms with Gasteiger partial charge < -0.3 is 18.6 Å². The molecule has 1 aliphatic heterocycles. The molecule has 0 amide bonds. The summed E-state index contributed by atoms with van der Waals surface area (Å²) in [6.45, 7) is 3.62. The second-order valence-electron chi connectivity index (χ2n) is 5.02. The Balaban J connectivity index is 2.05. The normalized spacial score (nSPS) is 12.9. The summed E-state index contributed by atoms with van der Waals surface area (Å²) in [5, 5.41) is 0.565. The molecule has 0 bridgehead atoms. The fourth-order valence-electron chi connectivity index (χ4n) is 1.98. The second-order valence-corrected chi connectivity index (χ2v) is 5.02. The van der Waals surface area contributed by atoms with Crippen LogP contribution in [0.3, 0.4) is 0 Å². The van der Waals surface area contributed by atoms with Crippen LogP contribution in [0.25, 0.3) is 11.0 Å². The van der Waals surface area contributed by atoms with E-state index >= 15 is 0 Å². The van der Waals surface area contributed by atoms with Crippen LogP contribution in [-0.2, 0) is 4.79 Å². The Kier molecular flexibility index (Phi) is 3.29. The van der Waals surface area contributed by atoms with Gasteiger partial charge in [-0.2, -0.15) is 0 Å². The van der Waals surface area contributed by atoms with Gasteiger partial charge in [-0.25, -0.2) is 4.79 Å². The van der Waals surface area contributed by atoms with Crippen LogP contribution in [0.4, 0.5) is 0 Å². The molecule has 110 valence electrons. The van der Waals surface area contributed by atoms with Gasteiger partial charge in [0.1, 0.15) is 12.4 Å². The third kappa shape index (κ3) is 2.44. The Morgan fingerprint density at radius 2 is 2.14 bits per heavy atom. The number of hydrogen-bond donors (Lipinski definition) is 0. The quantitative estimate of drug-likeness (QED) is 0.803. The molecule has 0 N–H and O–H groups in total. The molecule has 2 heterocycles. The molecule has 0 radical (unpaired) electrons. The van der Waals surface area contributed by atoms with Crippen LogP contribution in [0, 0.1) is 5.92 Å². The van der Waals surface area contributed by atoms with Crippen LogP contribution in [-0.4, -0.2) is 19.2 Å². The standard InChI is InChI=1S/C15H14O6/c1-8(2)10(16)6-18-11-5-12-15(20-7-19-12)14-9(11)3-4-13(17)21-14/h3-5,8H,6-7H2,1-2H3. The molecule has 21 heavy (non-hydrogen) atoms. The number of benzene rings is 1. The van der Waals surface area contributed by atoms with Crippen LogP contribution in [0.5, 0.6) is 17.2 Å². The highest BCUT2D eigenvalue weighted by Gasteiger charge is 2.23. The Hall–Kier alpha value is -2.50. The molecule has 0 saturated carbocycles. The maximum absolute atomic E-state index is 11.7. The van der Waals surface area contributed by atoms with Crippen LogP contribution >= 0.6 is 0 Å². The molecule has 1 aromatic heterocycles. The van der Waals surface area contributed by atoms with E-state index in [0.29, 0.717) is 22.6 Å². The van der Waals surface area contributed by atoms with Crippen molar-refractivity contribution in [3.63, 3.8) is 0 Å². The van der Waals surface area contributed by atoms with Crippen molar-refractivity contribution in [2.75, 3.05) is 13.4 Å². The molecular formula is C15H14O6. The summed E-state index contributed by atoms with van der Waals surface area (Å²) in [5.74, 6) is 1.11. The highest BCUT2D eigenvalue weighted by molar-refractivity contribution is 5.91. The van der Waals surface area contributed by atoms with Gasteiger partial charge in [-0.3, -0.25) is 4.79 Å². The molecule has 2 aromatic rings. The van der Waals surface area contributed by atoms with Gasteiger partial charge in [-0.1, -0.05) is 13.8 Å². The van der Waals surface area contributed by atoms with Crippen molar-refractivity contribution < 1.29 is 23.4 Å². The number of hydrogen-bond acceptors (Lipinski definition) is 6. The summed E-state index contributed by atoms with van der Waals surface area (Å²) >= 11 is 0. The lowest BCUT2D eigenvalue weighted by molar-refractivity contribution is -0.123. The predicted molar refractivity (Wildman–Crippen MR) is 73.9 cm³/mol. The van der Waals surface area contributed by atoms with Crippen LogP contribution < -0.4 is 19.8 Å². The second kappa shape index (κ2) is 5.12. The molecule has 0 saturated heterocycles. The largest absolute Gasteiger partial charge is 0.485 e. The predicted octanol–water partition coefficient (Wildman–Crippen LogP) is 2.13. The summed E-state index contributed by atoms with van der Waals surface area (Å²) in [6.07, 6.45) is 0. The van der Waals surface area contributed by atoms with E-state index < -0.39 is 5.63 Å². The lowest BCUT2D eigenvalue weighted by atomic mass is 10.1.